The minimum Gasteiger partial charge on any atom is -0.507 e. The molecule has 0 aliphatic carbocycles. The first kappa shape index (κ1) is 27.7. The van der Waals surface area contributed by atoms with E-state index in [4.69, 9.17) is 9.47 Å². The van der Waals surface area contributed by atoms with Crippen LogP contribution in [0.1, 0.15) is 42.5 Å². The largest absolute Gasteiger partial charge is 0.507 e. The van der Waals surface area contributed by atoms with Gasteiger partial charge in [-0.3, -0.25) is 9.59 Å². The zero-order valence-electron chi connectivity index (χ0n) is 23.0. The third kappa shape index (κ3) is 6.49. The molecule has 0 saturated carbocycles. The number of rotatable bonds is 12. The van der Waals surface area contributed by atoms with Crippen molar-refractivity contribution in [3.05, 3.63) is 120 Å². The molecule has 1 aromatic heterocycles. The molecule has 2 heterocycles. The van der Waals surface area contributed by atoms with E-state index in [1.807, 2.05) is 72.3 Å². The molecule has 1 unspecified atom stereocenters. The van der Waals surface area contributed by atoms with Crippen molar-refractivity contribution in [3.63, 3.8) is 0 Å². The molecule has 8 nitrogen and oxygen atoms in total. The van der Waals surface area contributed by atoms with Crippen LogP contribution >= 0.6 is 0 Å². The molecule has 3 aromatic carbocycles. The van der Waals surface area contributed by atoms with Crippen LogP contribution in [0.25, 0.3) is 5.76 Å². The van der Waals surface area contributed by atoms with Crippen molar-refractivity contribution in [3.8, 4) is 11.5 Å². The normalized spacial score (nSPS) is 16.2. The van der Waals surface area contributed by atoms with E-state index in [2.05, 4.69) is 4.98 Å². The second-order valence-corrected chi connectivity index (χ2v) is 9.87. The van der Waals surface area contributed by atoms with Gasteiger partial charge in [-0.1, -0.05) is 61.5 Å². The van der Waals surface area contributed by atoms with Crippen LogP contribution in [0.15, 0.2) is 103 Å². The van der Waals surface area contributed by atoms with Crippen molar-refractivity contribution < 1.29 is 24.2 Å². The summed E-state index contributed by atoms with van der Waals surface area (Å²) in [6.07, 6.45) is 6.72. The number of hydrogen-bond donors (Lipinski definition) is 1. The van der Waals surface area contributed by atoms with Gasteiger partial charge >= 0.3 is 0 Å². The second kappa shape index (κ2) is 13.0. The van der Waals surface area contributed by atoms with E-state index >= 15 is 0 Å². The summed E-state index contributed by atoms with van der Waals surface area (Å²) in [7, 11) is 0. The molecule has 1 amide bonds. The van der Waals surface area contributed by atoms with Gasteiger partial charge in [0, 0.05) is 31.0 Å². The first-order chi connectivity index (χ1) is 20.0. The van der Waals surface area contributed by atoms with Gasteiger partial charge in [-0.15, -0.1) is 0 Å². The smallest absolute Gasteiger partial charge is 0.295 e. The summed E-state index contributed by atoms with van der Waals surface area (Å²) in [5.74, 6) is -0.321. The van der Waals surface area contributed by atoms with Crippen LogP contribution < -0.4 is 9.47 Å². The summed E-state index contributed by atoms with van der Waals surface area (Å²) in [5.41, 5.74) is 2.23. The van der Waals surface area contributed by atoms with Gasteiger partial charge in [-0.2, -0.15) is 0 Å². The number of Topliss-reactive ketones (excluding diaryl/α,β-unsaturated/α-hetero) is 1. The number of hydrogen-bond acceptors (Lipinski definition) is 6. The van der Waals surface area contributed by atoms with Crippen molar-refractivity contribution in [2.45, 2.75) is 39.0 Å². The molecule has 0 spiro atoms. The number of ketones is 1. The monoisotopic (exact) mass is 551 g/mol. The second-order valence-electron chi connectivity index (χ2n) is 9.87. The Balaban J connectivity index is 1.45. The van der Waals surface area contributed by atoms with E-state index in [0.29, 0.717) is 55.4 Å². The highest BCUT2D eigenvalue weighted by Gasteiger charge is 2.45. The van der Waals surface area contributed by atoms with E-state index < -0.39 is 17.7 Å². The van der Waals surface area contributed by atoms with Crippen molar-refractivity contribution in [2.24, 2.45) is 0 Å². The molecule has 1 saturated heterocycles. The number of likely N-dealkylation sites (tertiary alicyclic amines) is 1. The van der Waals surface area contributed by atoms with Crippen LogP contribution in [0.4, 0.5) is 0 Å². The number of aliphatic hydroxyl groups excluding tert-OH is 1. The summed E-state index contributed by atoms with van der Waals surface area (Å²) in [5, 5.41) is 11.4. The number of carbonyl (C=O) groups excluding carboxylic acids is 2. The lowest BCUT2D eigenvalue weighted by atomic mass is 9.95. The predicted molar refractivity (Wildman–Crippen MR) is 155 cm³/mol. The molecule has 41 heavy (non-hydrogen) atoms. The van der Waals surface area contributed by atoms with E-state index in [0.717, 1.165) is 12.0 Å². The van der Waals surface area contributed by atoms with E-state index in [1.165, 1.54) is 0 Å². The highest BCUT2D eigenvalue weighted by atomic mass is 16.5. The predicted octanol–water partition coefficient (Wildman–Crippen LogP) is 5.76. The Morgan fingerprint density at radius 2 is 1.73 bits per heavy atom. The van der Waals surface area contributed by atoms with Crippen LogP contribution in [0.2, 0.25) is 0 Å². The SMILES string of the molecule is CCCOc1cccc(C(O)=C2C(=O)C(=O)N(CCCn3ccnc3)C2c2ccc(OCc3ccccc3)cc2)c1. The molecule has 1 aliphatic heterocycles. The number of aromatic nitrogens is 2. The van der Waals surface area contributed by atoms with Gasteiger partial charge in [-0.05, 0) is 48.2 Å². The molecule has 1 fully saturated rings. The molecule has 8 heteroatoms. The van der Waals surface area contributed by atoms with E-state index in [9.17, 15) is 14.7 Å². The Bertz CT molecular complexity index is 1500. The maximum absolute atomic E-state index is 13.4. The summed E-state index contributed by atoms with van der Waals surface area (Å²) in [4.78, 5) is 32.3. The molecule has 1 aliphatic rings. The van der Waals surface area contributed by atoms with E-state index in [1.54, 1.807) is 41.7 Å². The Hall–Kier alpha value is -4.85. The minimum absolute atomic E-state index is 0.0585. The Morgan fingerprint density at radius 1 is 0.927 bits per heavy atom. The van der Waals surface area contributed by atoms with Gasteiger partial charge < -0.3 is 24.0 Å². The topological polar surface area (TPSA) is 93.9 Å². The van der Waals surface area contributed by atoms with Crippen molar-refractivity contribution in [1.29, 1.82) is 0 Å². The average molecular weight is 552 g/mol. The quantitative estimate of drug-likeness (QED) is 0.137. The fourth-order valence-electron chi connectivity index (χ4n) is 4.90. The fraction of sp³-hybridized carbons (Fsp3) is 0.242. The molecule has 210 valence electrons. The Kier molecular flexibility index (Phi) is 8.79. The summed E-state index contributed by atoms with van der Waals surface area (Å²) < 4.78 is 13.6. The lowest BCUT2D eigenvalue weighted by Gasteiger charge is -2.25. The Labute approximate surface area is 239 Å². The maximum Gasteiger partial charge on any atom is 0.295 e. The zero-order valence-corrected chi connectivity index (χ0v) is 23.0. The third-order valence-corrected chi connectivity index (χ3v) is 6.94. The van der Waals surface area contributed by atoms with Gasteiger partial charge in [0.2, 0.25) is 0 Å². The average Bonchev–Trinajstić information content (AvgIpc) is 3.62. The molecule has 1 atom stereocenters. The van der Waals surface area contributed by atoms with Crippen LogP contribution in [-0.2, 0) is 22.7 Å². The maximum atomic E-state index is 13.4. The number of imidazole rings is 1. The van der Waals surface area contributed by atoms with Crippen molar-refractivity contribution in [1.82, 2.24) is 14.5 Å². The number of amides is 1. The van der Waals surface area contributed by atoms with Gasteiger partial charge in [-0.25, -0.2) is 4.98 Å². The first-order valence-electron chi connectivity index (χ1n) is 13.8. The van der Waals surface area contributed by atoms with Gasteiger partial charge in [0.1, 0.15) is 23.9 Å². The van der Waals surface area contributed by atoms with Crippen molar-refractivity contribution in [2.75, 3.05) is 13.2 Å². The number of benzene rings is 3. The fourth-order valence-corrected chi connectivity index (χ4v) is 4.90. The number of nitrogens with zero attached hydrogens (tertiary/aromatic N) is 3. The molecule has 0 bridgehead atoms. The standard InChI is InChI=1S/C33H33N3O5/c1-2-20-40-28-11-6-10-26(21-28)31(37)29-30(36(33(39)32(29)38)18-7-17-35-19-16-34-23-35)25-12-14-27(15-13-25)41-22-24-8-4-3-5-9-24/h3-6,8-16,19,21,23,30,37H,2,7,17-18,20,22H2,1H3. The lowest BCUT2D eigenvalue weighted by molar-refractivity contribution is -0.139. The van der Waals surface area contributed by atoms with Gasteiger partial charge in [0.25, 0.3) is 11.7 Å². The number of carbonyl (C=O) groups is 2. The summed E-state index contributed by atoms with van der Waals surface area (Å²) in [6.45, 7) is 3.93. The first-order valence-corrected chi connectivity index (χ1v) is 13.8. The summed E-state index contributed by atoms with van der Waals surface area (Å²) in [6, 6.07) is 23.4. The number of aliphatic hydroxyl groups is 1. The number of aryl methyl sites for hydroxylation is 1. The molecular weight excluding hydrogens is 518 g/mol. The third-order valence-electron chi connectivity index (χ3n) is 6.94. The van der Waals surface area contributed by atoms with Crippen LogP contribution in [0.5, 0.6) is 11.5 Å². The van der Waals surface area contributed by atoms with Crippen LogP contribution in [-0.4, -0.2) is 44.4 Å². The highest BCUT2D eigenvalue weighted by molar-refractivity contribution is 6.46. The van der Waals surface area contributed by atoms with Crippen molar-refractivity contribution >= 4 is 17.4 Å². The molecule has 5 rings (SSSR count). The minimum atomic E-state index is -0.749. The molecule has 0 radical (unpaired) electrons. The zero-order chi connectivity index (χ0) is 28.6. The van der Waals surface area contributed by atoms with E-state index in [-0.39, 0.29) is 11.3 Å². The van der Waals surface area contributed by atoms with Gasteiger partial charge in [0.15, 0.2) is 0 Å². The molecule has 4 aromatic rings. The molecule has 1 N–H and O–H groups in total. The number of ether oxygens (including phenoxy) is 2. The lowest BCUT2D eigenvalue weighted by Crippen LogP contribution is -2.31. The summed E-state index contributed by atoms with van der Waals surface area (Å²) >= 11 is 0. The van der Waals surface area contributed by atoms with Crippen LogP contribution in [0, 0.1) is 0 Å². The van der Waals surface area contributed by atoms with Crippen LogP contribution in [0.3, 0.4) is 0 Å². The van der Waals surface area contributed by atoms with Gasteiger partial charge in [0.05, 0.1) is 24.5 Å². The molecular formula is C33H33N3O5. The Morgan fingerprint density at radius 3 is 2.46 bits per heavy atom. The highest BCUT2D eigenvalue weighted by Crippen LogP contribution is 2.40.